The molecular weight excluding hydrogens is 178 g/mol. The van der Waals surface area contributed by atoms with Crippen molar-refractivity contribution >= 4 is 24.3 Å². The van der Waals surface area contributed by atoms with Crippen LogP contribution < -0.4 is 0 Å². The second-order valence-electron chi connectivity index (χ2n) is 3.06. The average molecular weight is 191 g/mol. The van der Waals surface area contributed by atoms with Gasteiger partial charge in [0.15, 0.2) is 11.9 Å². The van der Waals surface area contributed by atoms with Crippen LogP contribution in [0.15, 0.2) is 20.0 Å². The molecule has 1 atom stereocenters. The van der Waals surface area contributed by atoms with Crippen molar-refractivity contribution in [1.29, 1.82) is 0 Å². The fourth-order valence-electron chi connectivity index (χ4n) is 1.60. The van der Waals surface area contributed by atoms with Crippen LogP contribution in [0.2, 0.25) is 0 Å². The third-order valence-electron chi connectivity index (χ3n) is 2.36. The Bertz CT molecular complexity index is 335. The van der Waals surface area contributed by atoms with Gasteiger partial charge in [0.25, 0.3) is 0 Å². The maximum Gasteiger partial charge on any atom is 0.169 e. The second-order valence-corrected chi connectivity index (χ2v) is 3.06. The Balaban J connectivity index is 2.26. The summed E-state index contributed by atoms with van der Waals surface area (Å²) in [6.07, 6.45) is 3.11. The molecule has 2 aliphatic heterocycles. The Morgan fingerprint density at radius 1 is 1.21 bits per heavy atom. The number of hydrogen-bond acceptors (Lipinski definition) is 5. The number of rotatable bonds is 2. The van der Waals surface area contributed by atoms with Gasteiger partial charge >= 0.3 is 0 Å². The Kier molecular flexibility index (Phi) is 2.39. The third-order valence-corrected chi connectivity index (χ3v) is 2.36. The van der Waals surface area contributed by atoms with Crippen molar-refractivity contribution in [2.45, 2.75) is 19.9 Å². The predicted octanol–water partition coefficient (Wildman–Crippen LogP) is 0.578. The van der Waals surface area contributed by atoms with Gasteiger partial charge < -0.3 is 4.90 Å². The zero-order valence-electron chi connectivity index (χ0n) is 8.38. The van der Waals surface area contributed by atoms with Crippen LogP contribution in [0.3, 0.4) is 0 Å². The highest BCUT2D eigenvalue weighted by atomic mass is 15.3. The van der Waals surface area contributed by atoms with Crippen LogP contribution in [0.25, 0.3) is 0 Å². The van der Waals surface area contributed by atoms with Crippen molar-refractivity contribution < 1.29 is 0 Å². The Morgan fingerprint density at radius 3 is 2.71 bits per heavy atom. The molecule has 0 spiro atoms. The minimum absolute atomic E-state index is 0.0695. The molecule has 0 amide bonds. The van der Waals surface area contributed by atoms with E-state index in [0.717, 1.165) is 24.8 Å². The number of likely N-dealkylation sites (N-methyl/N-ethyl adjacent to an activating group) is 1. The molecule has 0 radical (unpaired) electrons. The zero-order chi connectivity index (χ0) is 9.97. The topological polar surface area (TPSA) is 52.7 Å². The number of amidine groups is 2. The summed E-state index contributed by atoms with van der Waals surface area (Å²) in [5, 5.41) is 0. The predicted molar refractivity (Wildman–Crippen MR) is 58.6 cm³/mol. The molecule has 14 heavy (non-hydrogen) atoms. The van der Waals surface area contributed by atoms with E-state index in [9.17, 15) is 0 Å². The summed E-state index contributed by atoms with van der Waals surface area (Å²) in [5.74, 6) is 1.71. The van der Waals surface area contributed by atoms with Gasteiger partial charge in [0.2, 0.25) is 0 Å². The monoisotopic (exact) mass is 191 g/mol. The van der Waals surface area contributed by atoms with E-state index in [0.29, 0.717) is 0 Å². The molecule has 0 bridgehead atoms. The van der Waals surface area contributed by atoms with Crippen LogP contribution in [0.4, 0.5) is 0 Å². The van der Waals surface area contributed by atoms with Crippen molar-refractivity contribution in [3.63, 3.8) is 0 Å². The van der Waals surface area contributed by atoms with Crippen LogP contribution in [0.5, 0.6) is 0 Å². The smallest absolute Gasteiger partial charge is 0.169 e. The first-order valence-corrected chi connectivity index (χ1v) is 4.81. The number of nitrogens with zero attached hydrogens (tertiary/aromatic N) is 5. The molecular formula is C9H13N5. The summed E-state index contributed by atoms with van der Waals surface area (Å²) in [6, 6.07) is -0.0695. The highest BCUT2D eigenvalue weighted by Crippen LogP contribution is 2.11. The Labute approximate surface area is 83.0 Å². The second kappa shape index (κ2) is 3.69. The summed E-state index contributed by atoms with van der Waals surface area (Å²) in [4.78, 5) is 18.8. The molecule has 0 aromatic heterocycles. The molecule has 2 aliphatic rings. The van der Waals surface area contributed by atoms with E-state index in [-0.39, 0.29) is 6.04 Å². The van der Waals surface area contributed by atoms with E-state index in [1.165, 1.54) is 0 Å². The summed E-state index contributed by atoms with van der Waals surface area (Å²) < 4.78 is 0. The Morgan fingerprint density at radius 2 is 2.00 bits per heavy atom. The van der Waals surface area contributed by atoms with Gasteiger partial charge in [-0.1, -0.05) is 0 Å². The SMILES string of the molecule is CCN(CC)C1=NC=NC2=NC=NC21. The molecule has 0 saturated carbocycles. The molecule has 0 fully saturated rings. The molecule has 0 aromatic carbocycles. The number of hydrogen-bond donors (Lipinski definition) is 0. The standard InChI is InChI=1S/C9H13N5/c1-3-14(4-2)9-7-8(11-5-10-7)12-6-13-9/h5-7H,3-4H2,1-2H3. The van der Waals surface area contributed by atoms with Gasteiger partial charge in [-0.05, 0) is 13.8 Å². The molecule has 0 saturated heterocycles. The molecule has 74 valence electrons. The van der Waals surface area contributed by atoms with Crippen LogP contribution in [0.1, 0.15) is 13.8 Å². The van der Waals surface area contributed by atoms with Crippen LogP contribution >= 0.6 is 0 Å². The van der Waals surface area contributed by atoms with E-state index in [4.69, 9.17) is 0 Å². The van der Waals surface area contributed by atoms with E-state index < -0.39 is 0 Å². The summed E-state index contributed by atoms with van der Waals surface area (Å²) in [7, 11) is 0. The van der Waals surface area contributed by atoms with Gasteiger partial charge in [0.05, 0.1) is 0 Å². The molecule has 5 heteroatoms. The number of aliphatic imine (C=N–C) groups is 4. The lowest BCUT2D eigenvalue weighted by Gasteiger charge is -2.26. The highest BCUT2D eigenvalue weighted by Gasteiger charge is 2.28. The van der Waals surface area contributed by atoms with E-state index >= 15 is 0 Å². The highest BCUT2D eigenvalue weighted by molar-refractivity contribution is 6.19. The van der Waals surface area contributed by atoms with Crippen molar-refractivity contribution in [3.8, 4) is 0 Å². The average Bonchev–Trinajstić information content (AvgIpc) is 2.68. The Hall–Kier alpha value is -1.52. The molecule has 1 unspecified atom stereocenters. The van der Waals surface area contributed by atoms with Gasteiger partial charge in [-0.2, -0.15) is 0 Å². The maximum atomic E-state index is 4.27. The van der Waals surface area contributed by atoms with Crippen LogP contribution in [-0.4, -0.2) is 48.4 Å². The molecule has 5 nitrogen and oxygen atoms in total. The first-order valence-electron chi connectivity index (χ1n) is 4.81. The lowest BCUT2D eigenvalue weighted by Crippen LogP contribution is -2.42. The quantitative estimate of drug-likeness (QED) is 0.629. The van der Waals surface area contributed by atoms with Gasteiger partial charge in [-0.15, -0.1) is 0 Å². The van der Waals surface area contributed by atoms with Crippen molar-refractivity contribution in [1.82, 2.24) is 4.90 Å². The zero-order valence-corrected chi connectivity index (χ0v) is 8.38. The molecule has 2 rings (SSSR count). The van der Waals surface area contributed by atoms with Crippen LogP contribution in [-0.2, 0) is 0 Å². The maximum absolute atomic E-state index is 4.27. The normalized spacial score (nSPS) is 23.1. The van der Waals surface area contributed by atoms with Gasteiger partial charge in [-0.25, -0.2) is 15.0 Å². The molecule has 2 heterocycles. The van der Waals surface area contributed by atoms with Gasteiger partial charge in [0.1, 0.15) is 18.5 Å². The summed E-state index contributed by atoms with van der Waals surface area (Å²) >= 11 is 0. The number of fused-ring (bicyclic) bond motifs is 1. The molecule has 0 N–H and O–H groups in total. The third kappa shape index (κ3) is 1.34. The fourth-order valence-corrected chi connectivity index (χ4v) is 1.60. The molecule has 0 aliphatic carbocycles. The van der Waals surface area contributed by atoms with E-state index in [2.05, 4.69) is 38.7 Å². The first kappa shape index (κ1) is 9.05. The van der Waals surface area contributed by atoms with Crippen molar-refractivity contribution in [2.75, 3.05) is 13.1 Å². The van der Waals surface area contributed by atoms with Crippen molar-refractivity contribution in [3.05, 3.63) is 0 Å². The minimum Gasteiger partial charge on any atom is -0.358 e. The fraction of sp³-hybridized carbons (Fsp3) is 0.556. The lowest BCUT2D eigenvalue weighted by molar-refractivity contribution is 0.456. The van der Waals surface area contributed by atoms with Gasteiger partial charge in [0, 0.05) is 13.1 Å². The molecule has 0 aromatic rings. The minimum atomic E-state index is -0.0695. The lowest BCUT2D eigenvalue weighted by atomic mass is 10.2. The largest absolute Gasteiger partial charge is 0.358 e. The van der Waals surface area contributed by atoms with Crippen molar-refractivity contribution in [2.24, 2.45) is 20.0 Å². The van der Waals surface area contributed by atoms with Gasteiger partial charge in [-0.3, -0.25) is 4.99 Å². The van der Waals surface area contributed by atoms with E-state index in [1.807, 2.05) is 0 Å². The van der Waals surface area contributed by atoms with Crippen LogP contribution in [0, 0.1) is 0 Å². The summed E-state index contributed by atoms with van der Waals surface area (Å²) in [5.41, 5.74) is 0. The first-order chi connectivity index (χ1) is 6.86. The van der Waals surface area contributed by atoms with E-state index in [1.54, 1.807) is 12.7 Å². The summed E-state index contributed by atoms with van der Waals surface area (Å²) in [6.45, 7) is 6.07.